The Balaban J connectivity index is 1.48. The van der Waals surface area contributed by atoms with Gasteiger partial charge in [0.25, 0.3) is 0 Å². The van der Waals surface area contributed by atoms with Crippen LogP contribution in [-0.2, 0) is 6.61 Å². The predicted molar refractivity (Wildman–Crippen MR) is 104 cm³/mol. The van der Waals surface area contributed by atoms with Crippen LogP contribution in [0.15, 0.2) is 85.1 Å². The number of hydrogen-bond acceptors (Lipinski definition) is 3. The van der Waals surface area contributed by atoms with E-state index in [9.17, 15) is 0 Å². The fourth-order valence-corrected chi connectivity index (χ4v) is 2.82. The van der Waals surface area contributed by atoms with Gasteiger partial charge in [-0.3, -0.25) is 4.98 Å². The molecule has 3 aromatic carbocycles. The highest BCUT2D eigenvalue weighted by molar-refractivity contribution is 6.31. The van der Waals surface area contributed by atoms with Crippen molar-refractivity contribution in [1.29, 1.82) is 0 Å². The Morgan fingerprint density at radius 2 is 1.58 bits per heavy atom. The Kier molecular flexibility index (Phi) is 4.71. The second-order valence-electron chi connectivity index (χ2n) is 5.82. The highest BCUT2D eigenvalue weighted by Gasteiger charge is 2.05. The van der Waals surface area contributed by atoms with Gasteiger partial charge in [0.1, 0.15) is 23.9 Å². The number of pyridine rings is 1. The van der Waals surface area contributed by atoms with Crippen LogP contribution in [0, 0.1) is 0 Å². The molecule has 4 aromatic rings. The maximum absolute atomic E-state index is 6.03. The Morgan fingerprint density at radius 1 is 0.808 bits per heavy atom. The van der Waals surface area contributed by atoms with Gasteiger partial charge in [-0.05, 0) is 54.1 Å². The van der Waals surface area contributed by atoms with Crippen LogP contribution in [0.3, 0.4) is 0 Å². The zero-order valence-electron chi connectivity index (χ0n) is 13.9. The second-order valence-corrected chi connectivity index (χ2v) is 6.25. The van der Waals surface area contributed by atoms with Crippen LogP contribution < -0.4 is 9.47 Å². The number of hydrogen-bond donors (Lipinski definition) is 0. The lowest BCUT2D eigenvalue weighted by molar-refractivity contribution is 0.306. The summed E-state index contributed by atoms with van der Waals surface area (Å²) in [6, 6.07) is 25.1. The quantitative estimate of drug-likeness (QED) is 0.420. The zero-order chi connectivity index (χ0) is 17.8. The Labute approximate surface area is 156 Å². The average Bonchev–Trinajstić information content (AvgIpc) is 2.68. The van der Waals surface area contributed by atoms with E-state index in [0.717, 1.165) is 33.7 Å². The number of fused-ring (bicyclic) bond motifs is 1. The molecule has 0 radical (unpaired) electrons. The second kappa shape index (κ2) is 7.46. The molecule has 0 unspecified atom stereocenters. The van der Waals surface area contributed by atoms with E-state index in [1.165, 1.54) is 0 Å². The fraction of sp³-hybridized carbons (Fsp3) is 0.0455. The van der Waals surface area contributed by atoms with Crippen molar-refractivity contribution in [1.82, 2.24) is 4.98 Å². The van der Waals surface area contributed by atoms with Crippen LogP contribution in [0.1, 0.15) is 5.56 Å². The minimum absolute atomic E-state index is 0.538. The lowest BCUT2D eigenvalue weighted by atomic mass is 10.2. The largest absolute Gasteiger partial charge is 0.489 e. The number of benzene rings is 3. The normalized spacial score (nSPS) is 10.7. The first-order valence-electron chi connectivity index (χ1n) is 8.27. The molecule has 26 heavy (non-hydrogen) atoms. The average molecular weight is 362 g/mol. The van der Waals surface area contributed by atoms with Gasteiger partial charge in [-0.1, -0.05) is 41.9 Å². The van der Waals surface area contributed by atoms with E-state index in [1.807, 2.05) is 78.9 Å². The molecule has 1 heterocycles. The molecule has 0 bridgehead atoms. The molecule has 0 N–H and O–H groups in total. The first-order valence-corrected chi connectivity index (χ1v) is 8.65. The lowest BCUT2D eigenvalue weighted by Gasteiger charge is -2.10. The number of aromatic nitrogens is 1. The third kappa shape index (κ3) is 3.79. The molecule has 3 nitrogen and oxygen atoms in total. The molecule has 128 valence electrons. The van der Waals surface area contributed by atoms with Crippen LogP contribution in [-0.4, -0.2) is 4.98 Å². The molecule has 0 saturated carbocycles. The van der Waals surface area contributed by atoms with E-state index in [4.69, 9.17) is 21.1 Å². The molecule has 0 fully saturated rings. The summed E-state index contributed by atoms with van der Waals surface area (Å²) in [4.78, 5) is 4.33. The van der Waals surface area contributed by atoms with Gasteiger partial charge >= 0.3 is 0 Å². The van der Waals surface area contributed by atoms with Crippen molar-refractivity contribution >= 4 is 22.5 Å². The highest BCUT2D eigenvalue weighted by atomic mass is 35.5. The summed E-state index contributed by atoms with van der Waals surface area (Å²) >= 11 is 6.03. The van der Waals surface area contributed by atoms with Crippen molar-refractivity contribution in [2.45, 2.75) is 6.61 Å². The van der Waals surface area contributed by atoms with E-state index < -0.39 is 0 Å². The third-order valence-electron chi connectivity index (χ3n) is 3.96. The molecule has 4 heteroatoms. The Hall–Kier alpha value is -3.04. The summed E-state index contributed by atoms with van der Waals surface area (Å²) in [7, 11) is 0. The van der Waals surface area contributed by atoms with E-state index >= 15 is 0 Å². The smallest absolute Gasteiger partial charge is 0.138 e. The van der Waals surface area contributed by atoms with Crippen molar-refractivity contribution in [3.63, 3.8) is 0 Å². The predicted octanol–water partition coefficient (Wildman–Crippen LogP) is 6.26. The van der Waals surface area contributed by atoms with Crippen molar-refractivity contribution in [3.8, 4) is 17.2 Å². The van der Waals surface area contributed by atoms with Crippen molar-refractivity contribution < 1.29 is 9.47 Å². The molecule has 4 rings (SSSR count). The molecular formula is C22H16ClNO2. The summed E-state index contributed by atoms with van der Waals surface area (Å²) in [6.45, 7) is 0.538. The minimum Gasteiger partial charge on any atom is -0.489 e. The van der Waals surface area contributed by atoms with Gasteiger partial charge in [0.15, 0.2) is 0 Å². The molecule has 0 aliphatic rings. The standard InChI is InChI=1S/C22H16ClNO2/c23-17-6-11-20-21(14-17)24-13-12-22(20)26-19-9-7-18(8-10-19)25-15-16-4-2-1-3-5-16/h1-14H,15H2. The lowest BCUT2D eigenvalue weighted by Crippen LogP contribution is -1.95. The van der Waals surface area contributed by atoms with Gasteiger partial charge in [0, 0.05) is 16.6 Å². The Morgan fingerprint density at radius 3 is 2.38 bits per heavy atom. The number of halogens is 1. The number of ether oxygens (including phenoxy) is 2. The number of rotatable bonds is 5. The fourth-order valence-electron chi connectivity index (χ4n) is 2.66. The summed E-state index contributed by atoms with van der Waals surface area (Å²) in [5.41, 5.74) is 1.94. The maximum Gasteiger partial charge on any atom is 0.138 e. The first kappa shape index (κ1) is 16.4. The van der Waals surface area contributed by atoms with Crippen LogP contribution in [0.4, 0.5) is 0 Å². The third-order valence-corrected chi connectivity index (χ3v) is 4.20. The van der Waals surface area contributed by atoms with Crippen LogP contribution in [0.25, 0.3) is 10.9 Å². The molecule has 0 atom stereocenters. The molecule has 0 aliphatic carbocycles. The van der Waals surface area contributed by atoms with E-state index in [2.05, 4.69) is 4.98 Å². The summed E-state index contributed by atoms with van der Waals surface area (Å²) in [5, 5.41) is 1.57. The van der Waals surface area contributed by atoms with E-state index in [0.29, 0.717) is 11.6 Å². The molecule has 0 saturated heterocycles. The van der Waals surface area contributed by atoms with Crippen molar-refractivity contribution in [3.05, 3.63) is 95.6 Å². The topological polar surface area (TPSA) is 31.4 Å². The van der Waals surface area contributed by atoms with Gasteiger partial charge in [-0.15, -0.1) is 0 Å². The SMILES string of the molecule is Clc1ccc2c(Oc3ccc(OCc4ccccc4)cc3)ccnc2c1. The summed E-state index contributed by atoms with van der Waals surface area (Å²) in [5.74, 6) is 2.27. The van der Waals surface area contributed by atoms with Gasteiger partial charge in [-0.25, -0.2) is 0 Å². The molecule has 1 aromatic heterocycles. The van der Waals surface area contributed by atoms with E-state index in [-0.39, 0.29) is 0 Å². The summed E-state index contributed by atoms with van der Waals surface area (Å²) < 4.78 is 11.8. The summed E-state index contributed by atoms with van der Waals surface area (Å²) in [6.07, 6.45) is 1.71. The van der Waals surface area contributed by atoms with Gasteiger partial charge in [0.2, 0.25) is 0 Å². The van der Waals surface area contributed by atoms with Gasteiger partial charge in [0.05, 0.1) is 5.52 Å². The maximum atomic E-state index is 6.03. The number of nitrogens with zero attached hydrogens (tertiary/aromatic N) is 1. The van der Waals surface area contributed by atoms with Crippen LogP contribution in [0.5, 0.6) is 17.2 Å². The Bertz CT molecular complexity index is 1020. The molecule has 0 amide bonds. The van der Waals surface area contributed by atoms with Crippen LogP contribution >= 0.6 is 11.6 Å². The van der Waals surface area contributed by atoms with Gasteiger partial charge in [-0.2, -0.15) is 0 Å². The molecule has 0 spiro atoms. The van der Waals surface area contributed by atoms with Crippen molar-refractivity contribution in [2.24, 2.45) is 0 Å². The highest BCUT2D eigenvalue weighted by Crippen LogP contribution is 2.31. The van der Waals surface area contributed by atoms with E-state index in [1.54, 1.807) is 6.20 Å². The molecular weight excluding hydrogens is 346 g/mol. The van der Waals surface area contributed by atoms with Gasteiger partial charge < -0.3 is 9.47 Å². The molecule has 0 aliphatic heterocycles. The monoisotopic (exact) mass is 361 g/mol. The minimum atomic E-state index is 0.538. The van der Waals surface area contributed by atoms with Crippen LogP contribution in [0.2, 0.25) is 5.02 Å². The first-order chi connectivity index (χ1) is 12.8. The van der Waals surface area contributed by atoms with Crippen molar-refractivity contribution in [2.75, 3.05) is 0 Å². The zero-order valence-corrected chi connectivity index (χ0v) is 14.7.